The van der Waals surface area contributed by atoms with E-state index in [0.717, 1.165) is 19.3 Å². The van der Waals surface area contributed by atoms with Gasteiger partial charge >= 0.3 is 6.03 Å². The minimum absolute atomic E-state index is 0.154. The molecule has 0 aliphatic rings. The molecule has 2 atom stereocenters. The molecule has 2 unspecified atom stereocenters. The molecule has 5 N–H and O–H groups in total. The van der Waals surface area contributed by atoms with Gasteiger partial charge in [-0.25, -0.2) is 4.79 Å². The summed E-state index contributed by atoms with van der Waals surface area (Å²) < 4.78 is 0. The van der Waals surface area contributed by atoms with Gasteiger partial charge in [-0.3, -0.25) is 10.1 Å². The molecule has 0 radical (unpaired) electrons. The van der Waals surface area contributed by atoms with Crippen LogP contribution < -0.4 is 16.8 Å². The maximum Gasteiger partial charge on any atom is 0.318 e. The van der Waals surface area contributed by atoms with E-state index < -0.39 is 6.03 Å². The van der Waals surface area contributed by atoms with E-state index in [9.17, 15) is 9.59 Å². The van der Waals surface area contributed by atoms with Crippen LogP contribution in [0.2, 0.25) is 0 Å². The summed E-state index contributed by atoms with van der Waals surface area (Å²) >= 11 is 0. The molecule has 0 bridgehead atoms. The zero-order valence-electron chi connectivity index (χ0n) is 8.75. The van der Waals surface area contributed by atoms with Gasteiger partial charge in [-0.1, -0.05) is 13.3 Å². The highest BCUT2D eigenvalue weighted by Gasteiger charge is 2.13. The number of amides is 3. The maximum absolute atomic E-state index is 11.2. The van der Waals surface area contributed by atoms with E-state index >= 15 is 0 Å². The lowest BCUT2D eigenvalue weighted by Crippen LogP contribution is -2.38. The molecule has 0 fully saturated rings. The van der Waals surface area contributed by atoms with Crippen LogP contribution in [-0.2, 0) is 4.79 Å². The van der Waals surface area contributed by atoms with Gasteiger partial charge in [0.2, 0.25) is 5.91 Å². The van der Waals surface area contributed by atoms with E-state index in [4.69, 9.17) is 11.5 Å². The second kappa shape index (κ2) is 6.37. The Balaban J connectivity index is 3.67. The van der Waals surface area contributed by atoms with Crippen molar-refractivity contribution in [3.8, 4) is 0 Å². The van der Waals surface area contributed by atoms with Gasteiger partial charge in [0.15, 0.2) is 0 Å². The van der Waals surface area contributed by atoms with E-state index in [1.54, 1.807) is 6.92 Å². The molecule has 5 nitrogen and oxygen atoms in total. The fourth-order valence-electron chi connectivity index (χ4n) is 1.12. The Labute approximate surface area is 84.2 Å². The first-order chi connectivity index (χ1) is 6.43. The molecule has 82 valence electrons. The Bertz CT molecular complexity index is 204. The molecule has 0 aromatic carbocycles. The molecule has 0 aromatic heterocycles. The van der Waals surface area contributed by atoms with Crippen molar-refractivity contribution in [2.75, 3.05) is 0 Å². The molecule has 5 heteroatoms. The van der Waals surface area contributed by atoms with Crippen LogP contribution in [-0.4, -0.2) is 18.0 Å². The van der Waals surface area contributed by atoms with Gasteiger partial charge in [0, 0.05) is 12.0 Å². The molecule has 0 heterocycles. The number of nitrogens with two attached hydrogens (primary N) is 2. The molecular weight excluding hydrogens is 182 g/mol. The van der Waals surface area contributed by atoms with Crippen LogP contribution in [0.5, 0.6) is 0 Å². The van der Waals surface area contributed by atoms with Crippen molar-refractivity contribution in [2.45, 2.75) is 39.2 Å². The standard InChI is InChI=1S/C9H19N3O2/c1-6(4-3-5-7(2)10)8(13)12-9(11)14/h6-7H,3-5,10H2,1-2H3,(H3,11,12,13,14). The lowest BCUT2D eigenvalue weighted by Gasteiger charge is -2.10. The molecule has 0 spiro atoms. The monoisotopic (exact) mass is 201 g/mol. The fraction of sp³-hybridized carbons (Fsp3) is 0.778. The molecule has 0 aromatic rings. The lowest BCUT2D eigenvalue weighted by atomic mass is 10.0. The number of hydrogen-bond acceptors (Lipinski definition) is 3. The predicted molar refractivity (Wildman–Crippen MR) is 54.4 cm³/mol. The van der Waals surface area contributed by atoms with Gasteiger partial charge in [0.05, 0.1) is 0 Å². The second-order valence-corrected chi connectivity index (χ2v) is 3.66. The van der Waals surface area contributed by atoms with Crippen molar-refractivity contribution in [2.24, 2.45) is 17.4 Å². The number of urea groups is 1. The summed E-state index contributed by atoms with van der Waals surface area (Å²) in [6, 6.07) is -0.643. The average Bonchev–Trinajstić information content (AvgIpc) is 2.01. The van der Waals surface area contributed by atoms with Crippen molar-refractivity contribution < 1.29 is 9.59 Å². The minimum atomic E-state index is -0.797. The molecule has 0 aliphatic heterocycles. The van der Waals surface area contributed by atoms with Crippen LogP contribution in [0.15, 0.2) is 0 Å². The Morgan fingerprint density at radius 1 is 1.29 bits per heavy atom. The molecule has 3 amide bonds. The van der Waals surface area contributed by atoms with Crippen LogP contribution in [0.1, 0.15) is 33.1 Å². The van der Waals surface area contributed by atoms with Crippen molar-refractivity contribution in [3.63, 3.8) is 0 Å². The first-order valence-electron chi connectivity index (χ1n) is 4.79. The fourth-order valence-corrected chi connectivity index (χ4v) is 1.12. The molecule has 0 saturated carbocycles. The Hall–Kier alpha value is -1.10. The molecule has 0 saturated heterocycles. The summed E-state index contributed by atoms with van der Waals surface area (Å²) in [6.07, 6.45) is 2.49. The normalized spacial score (nSPS) is 14.5. The van der Waals surface area contributed by atoms with Gasteiger partial charge < -0.3 is 11.5 Å². The zero-order chi connectivity index (χ0) is 11.1. The zero-order valence-corrected chi connectivity index (χ0v) is 8.75. The van der Waals surface area contributed by atoms with Crippen LogP contribution in [0.25, 0.3) is 0 Å². The highest BCUT2D eigenvalue weighted by molar-refractivity contribution is 5.94. The first kappa shape index (κ1) is 12.9. The second-order valence-electron chi connectivity index (χ2n) is 3.66. The van der Waals surface area contributed by atoms with Crippen LogP contribution in [0.3, 0.4) is 0 Å². The highest BCUT2D eigenvalue weighted by Crippen LogP contribution is 2.08. The van der Waals surface area contributed by atoms with E-state index in [0.29, 0.717) is 0 Å². The highest BCUT2D eigenvalue weighted by atomic mass is 16.2. The van der Waals surface area contributed by atoms with Crippen molar-refractivity contribution in [3.05, 3.63) is 0 Å². The Morgan fingerprint density at radius 2 is 1.86 bits per heavy atom. The van der Waals surface area contributed by atoms with E-state index in [2.05, 4.69) is 0 Å². The van der Waals surface area contributed by atoms with E-state index in [1.165, 1.54) is 0 Å². The van der Waals surface area contributed by atoms with E-state index in [-0.39, 0.29) is 17.9 Å². The molecule has 0 rings (SSSR count). The van der Waals surface area contributed by atoms with Crippen LogP contribution in [0.4, 0.5) is 4.79 Å². The van der Waals surface area contributed by atoms with Crippen molar-refractivity contribution >= 4 is 11.9 Å². The van der Waals surface area contributed by atoms with E-state index in [1.807, 2.05) is 12.2 Å². The van der Waals surface area contributed by atoms with Gasteiger partial charge in [-0.2, -0.15) is 0 Å². The molecular formula is C9H19N3O2. The average molecular weight is 201 g/mol. The number of imide groups is 1. The SMILES string of the molecule is CC(N)CCCC(C)C(=O)NC(N)=O. The lowest BCUT2D eigenvalue weighted by molar-refractivity contribution is -0.123. The largest absolute Gasteiger partial charge is 0.351 e. The Morgan fingerprint density at radius 3 is 2.29 bits per heavy atom. The summed E-state index contributed by atoms with van der Waals surface area (Å²) in [5, 5.41) is 2.05. The molecule has 0 aliphatic carbocycles. The summed E-state index contributed by atoms with van der Waals surface area (Å²) in [7, 11) is 0. The van der Waals surface area contributed by atoms with Crippen molar-refractivity contribution in [1.29, 1.82) is 0 Å². The van der Waals surface area contributed by atoms with Gasteiger partial charge in [-0.05, 0) is 19.8 Å². The summed E-state index contributed by atoms with van der Waals surface area (Å²) in [5.41, 5.74) is 10.4. The summed E-state index contributed by atoms with van der Waals surface area (Å²) in [5.74, 6) is -0.511. The number of rotatable bonds is 5. The van der Waals surface area contributed by atoms with Gasteiger partial charge in [-0.15, -0.1) is 0 Å². The van der Waals surface area contributed by atoms with Crippen LogP contribution >= 0.6 is 0 Å². The number of nitrogens with one attached hydrogen (secondary N) is 1. The smallest absolute Gasteiger partial charge is 0.318 e. The third kappa shape index (κ3) is 6.42. The maximum atomic E-state index is 11.2. The number of carbonyl (C=O) groups excluding carboxylic acids is 2. The van der Waals surface area contributed by atoms with Gasteiger partial charge in [0.1, 0.15) is 0 Å². The summed E-state index contributed by atoms with van der Waals surface area (Å²) in [4.78, 5) is 21.6. The topological polar surface area (TPSA) is 98.2 Å². The quantitative estimate of drug-likeness (QED) is 0.598. The Kier molecular flexibility index (Phi) is 5.87. The van der Waals surface area contributed by atoms with Crippen molar-refractivity contribution in [1.82, 2.24) is 5.32 Å². The van der Waals surface area contributed by atoms with Gasteiger partial charge in [0.25, 0.3) is 0 Å². The predicted octanol–water partition coefficient (Wildman–Crippen LogP) is 0.335. The first-order valence-corrected chi connectivity index (χ1v) is 4.79. The minimum Gasteiger partial charge on any atom is -0.351 e. The number of primary amides is 1. The summed E-state index contributed by atoms with van der Waals surface area (Å²) in [6.45, 7) is 3.69. The van der Waals surface area contributed by atoms with Crippen LogP contribution in [0, 0.1) is 5.92 Å². The molecule has 14 heavy (non-hydrogen) atoms. The third-order valence-electron chi connectivity index (χ3n) is 1.99. The number of hydrogen-bond donors (Lipinski definition) is 3. The third-order valence-corrected chi connectivity index (χ3v) is 1.99. The number of carbonyl (C=O) groups is 2.